The predicted octanol–water partition coefficient (Wildman–Crippen LogP) is 1.00. The minimum atomic E-state index is -0.0523. The lowest BCUT2D eigenvalue weighted by Crippen LogP contribution is -2.30. The molecule has 0 bridgehead atoms. The maximum Gasteiger partial charge on any atom is 0.115 e. The van der Waals surface area contributed by atoms with Crippen molar-refractivity contribution in [2.45, 2.75) is 32.4 Å². The van der Waals surface area contributed by atoms with E-state index in [0.717, 1.165) is 11.4 Å². The second-order valence-electron chi connectivity index (χ2n) is 4.44. The largest absolute Gasteiger partial charge is 0.271 e. The highest BCUT2D eigenvalue weighted by molar-refractivity contribution is 5.10. The molecule has 6 nitrogen and oxygen atoms in total. The van der Waals surface area contributed by atoms with Gasteiger partial charge in [-0.1, -0.05) is 0 Å². The van der Waals surface area contributed by atoms with Crippen molar-refractivity contribution in [2.24, 2.45) is 5.84 Å². The first-order valence-corrected chi connectivity index (χ1v) is 5.96. The van der Waals surface area contributed by atoms with Gasteiger partial charge in [0.25, 0.3) is 0 Å². The van der Waals surface area contributed by atoms with Gasteiger partial charge in [0.1, 0.15) is 6.33 Å². The van der Waals surface area contributed by atoms with Gasteiger partial charge in [-0.2, -0.15) is 5.10 Å². The maximum atomic E-state index is 5.57. The predicted molar refractivity (Wildman–Crippen MR) is 68.4 cm³/mol. The number of nitrogens with zero attached hydrogens (tertiary/aromatic N) is 4. The van der Waals surface area contributed by atoms with Crippen LogP contribution in [0, 0.1) is 0 Å². The number of hydrogen-bond donors (Lipinski definition) is 2. The van der Waals surface area contributed by atoms with E-state index < -0.39 is 0 Å². The highest BCUT2D eigenvalue weighted by Crippen LogP contribution is 2.14. The lowest BCUT2D eigenvalue weighted by atomic mass is 10.1. The molecule has 0 radical (unpaired) electrons. The first-order valence-electron chi connectivity index (χ1n) is 5.96. The molecule has 3 N–H and O–H groups in total. The maximum absolute atomic E-state index is 5.57. The number of hydrazine groups is 1. The van der Waals surface area contributed by atoms with Crippen LogP contribution < -0.4 is 11.3 Å². The number of rotatable bonds is 5. The standard InChI is InChI=1S/C12H18N6/c1-9(2)18-6-4-10(17-18)7-12(16-13)11-3-5-14-8-15-11/h3-6,8-9,12,16H,7,13H2,1-2H3. The zero-order valence-electron chi connectivity index (χ0n) is 10.6. The highest BCUT2D eigenvalue weighted by atomic mass is 15.3. The van der Waals surface area contributed by atoms with Crippen LogP contribution in [-0.2, 0) is 6.42 Å². The van der Waals surface area contributed by atoms with E-state index in [9.17, 15) is 0 Å². The third-order valence-corrected chi connectivity index (χ3v) is 2.77. The number of nitrogens with one attached hydrogen (secondary N) is 1. The van der Waals surface area contributed by atoms with Crippen molar-refractivity contribution >= 4 is 0 Å². The smallest absolute Gasteiger partial charge is 0.115 e. The number of hydrogen-bond acceptors (Lipinski definition) is 5. The third kappa shape index (κ3) is 2.91. The van der Waals surface area contributed by atoms with Crippen molar-refractivity contribution in [3.05, 3.63) is 42.2 Å². The van der Waals surface area contributed by atoms with Crippen LogP contribution in [0.5, 0.6) is 0 Å². The van der Waals surface area contributed by atoms with Crippen LogP contribution in [0.1, 0.15) is 37.3 Å². The molecule has 0 fully saturated rings. The summed E-state index contributed by atoms with van der Waals surface area (Å²) in [4.78, 5) is 8.10. The average molecular weight is 246 g/mol. The minimum Gasteiger partial charge on any atom is -0.271 e. The molecule has 2 rings (SSSR count). The zero-order valence-corrected chi connectivity index (χ0v) is 10.6. The fourth-order valence-electron chi connectivity index (χ4n) is 1.74. The van der Waals surface area contributed by atoms with Crippen LogP contribution in [0.4, 0.5) is 0 Å². The van der Waals surface area contributed by atoms with Crippen LogP contribution in [0.2, 0.25) is 0 Å². The Hall–Kier alpha value is -1.79. The van der Waals surface area contributed by atoms with Crippen molar-refractivity contribution in [3.8, 4) is 0 Å². The Labute approximate surface area is 106 Å². The van der Waals surface area contributed by atoms with Crippen molar-refractivity contribution in [2.75, 3.05) is 0 Å². The Bertz CT molecular complexity index is 478. The summed E-state index contributed by atoms with van der Waals surface area (Å²) in [7, 11) is 0. The molecule has 0 aliphatic heterocycles. The summed E-state index contributed by atoms with van der Waals surface area (Å²) in [5.41, 5.74) is 4.62. The van der Waals surface area contributed by atoms with Gasteiger partial charge in [-0.3, -0.25) is 16.0 Å². The third-order valence-electron chi connectivity index (χ3n) is 2.77. The van der Waals surface area contributed by atoms with E-state index in [2.05, 4.69) is 34.3 Å². The molecule has 2 heterocycles. The Morgan fingerprint density at radius 2 is 2.22 bits per heavy atom. The summed E-state index contributed by atoms with van der Waals surface area (Å²) in [5.74, 6) is 5.57. The molecule has 18 heavy (non-hydrogen) atoms. The summed E-state index contributed by atoms with van der Waals surface area (Å²) in [6, 6.07) is 4.17. The second-order valence-corrected chi connectivity index (χ2v) is 4.44. The number of aromatic nitrogens is 4. The van der Waals surface area contributed by atoms with Gasteiger partial charge in [-0.15, -0.1) is 0 Å². The van der Waals surface area contributed by atoms with Crippen LogP contribution in [0.3, 0.4) is 0 Å². The van der Waals surface area contributed by atoms with Gasteiger partial charge >= 0.3 is 0 Å². The molecule has 0 amide bonds. The van der Waals surface area contributed by atoms with Gasteiger partial charge in [0.05, 0.1) is 17.4 Å². The molecule has 96 valence electrons. The molecule has 0 saturated carbocycles. The zero-order chi connectivity index (χ0) is 13.0. The molecule has 0 aromatic carbocycles. The topological polar surface area (TPSA) is 81.7 Å². The first kappa shape index (κ1) is 12.7. The van der Waals surface area contributed by atoms with Crippen LogP contribution in [-0.4, -0.2) is 19.7 Å². The molecule has 0 aliphatic carbocycles. The van der Waals surface area contributed by atoms with Gasteiger partial charge < -0.3 is 0 Å². The summed E-state index contributed by atoms with van der Waals surface area (Å²) >= 11 is 0. The van der Waals surface area contributed by atoms with Crippen molar-refractivity contribution in [1.82, 2.24) is 25.2 Å². The van der Waals surface area contributed by atoms with Crippen LogP contribution in [0.15, 0.2) is 30.9 Å². The van der Waals surface area contributed by atoms with E-state index in [1.54, 1.807) is 6.20 Å². The molecular formula is C12H18N6. The van der Waals surface area contributed by atoms with E-state index in [1.807, 2.05) is 23.0 Å². The lowest BCUT2D eigenvalue weighted by Gasteiger charge is -2.13. The minimum absolute atomic E-state index is 0.0523. The fraction of sp³-hybridized carbons (Fsp3) is 0.417. The van der Waals surface area contributed by atoms with E-state index in [4.69, 9.17) is 5.84 Å². The van der Waals surface area contributed by atoms with Crippen molar-refractivity contribution in [1.29, 1.82) is 0 Å². The molecular weight excluding hydrogens is 228 g/mol. The Kier molecular flexibility index (Phi) is 4.01. The van der Waals surface area contributed by atoms with Crippen molar-refractivity contribution in [3.63, 3.8) is 0 Å². The molecule has 1 unspecified atom stereocenters. The van der Waals surface area contributed by atoms with Gasteiger partial charge in [0.2, 0.25) is 0 Å². The van der Waals surface area contributed by atoms with Gasteiger partial charge in [-0.25, -0.2) is 9.97 Å². The quantitative estimate of drug-likeness (QED) is 0.607. The SMILES string of the molecule is CC(C)n1ccc(CC(NN)c2ccncn2)n1. The van der Waals surface area contributed by atoms with Crippen molar-refractivity contribution < 1.29 is 0 Å². The fourth-order valence-corrected chi connectivity index (χ4v) is 1.74. The van der Waals surface area contributed by atoms with E-state index in [0.29, 0.717) is 12.5 Å². The Morgan fingerprint density at radius 3 is 2.78 bits per heavy atom. The summed E-state index contributed by atoms with van der Waals surface area (Å²) in [5, 5.41) is 4.50. The summed E-state index contributed by atoms with van der Waals surface area (Å²) < 4.78 is 1.93. The summed E-state index contributed by atoms with van der Waals surface area (Å²) in [6.07, 6.45) is 5.91. The normalized spacial score (nSPS) is 12.9. The average Bonchev–Trinajstić information content (AvgIpc) is 2.86. The Morgan fingerprint density at radius 1 is 1.39 bits per heavy atom. The lowest BCUT2D eigenvalue weighted by molar-refractivity contribution is 0.501. The first-order chi connectivity index (χ1) is 8.70. The summed E-state index contributed by atoms with van der Waals surface area (Å²) in [6.45, 7) is 4.19. The van der Waals surface area contributed by atoms with E-state index >= 15 is 0 Å². The van der Waals surface area contributed by atoms with E-state index in [1.165, 1.54) is 6.33 Å². The van der Waals surface area contributed by atoms with Gasteiger partial charge in [0, 0.05) is 24.9 Å². The van der Waals surface area contributed by atoms with Gasteiger partial charge in [-0.05, 0) is 26.0 Å². The molecule has 2 aromatic heterocycles. The van der Waals surface area contributed by atoms with Crippen LogP contribution in [0.25, 0.3) is 0 Å². The Balaban J connectivity index is 2.10. The monoisotopic (exact) mass is 246 g/mol. The van der Waals surface area contributed by atoms with Crippen LogP contribution >= 0.6 is 0 Å². The van der Waals surface area contributed by atoms with E-state index in [-0.39, 0.29) is 6.04 Å². The molecule has 2 aromatic rings. The van der Waals surface area contributed by atoms with Gasteiger partial charge in [0.15, 0.2) is 0 Å². The molecule has 6 heteroatoms. The highest BCUT2D eigenvalue weighted by Gasteiger charge is 2.13. The second kappa shape index (κ2) is 5.70. The molecule has 1 atom stereocenters. The molecule has 0 aliphatic rings. The molecule has 0 spiro atoms. The number of nitrogens with two attached hydrogens (primary N) is 1. The molecule has 0 saturated heterocycles.